The van der Waals surface area contributed by atoms with Crippen molar-refractivity contribution >= 4 is 33.5 Å². The lowest BCUT2D eigenvalue weighted by Gasteiger charge is -2.09. The van der Waals surface area contributed by atoms with E-state index < -0.39 is 0 Å². The fourth-order valence-corrected chi connectivity index (χ4v) is 3.20. The van der Waals surface area contributed by atoms with Crippen LogP contribution in [0.15, 0.2) is 63.8 Å². The van der Waals surface area contributed by atoms with E-state index in [1.165, 1.54) is 0 Å². The molecule has 1 amide bonds. The Morgan fingerprint density at radius 3 is 2.57 bits per heavy atom. The second kappa shape index (κ2) is 6.85. The average Bonchev–Trinajstić information content (AvgIpc) is 2.71. The van der Waals surface area contributed by atoms with Gasteiger partial charge in [0.25, 0.3) is 5.91 Å². The van der Waals surface area contributed by atoms with Crippen molar-refractivity contribution in [3.63, 3.8) is 0 Å². The molecule has 5 nitrogen and oxygen atoms in total. The van der Waals surface area contributed by atoms with Crippen molar-refractivity contribution in [2.24, 2.45) is 0 Å². The first-order chi connectivity index (χ1) is 13.5. The maximum Gasteiger partial charge on any atom is 0.255 e. The maximum absolute atomic E-state index is 12.8. The molecule has 1 N–H and O–H groups in total. The third kappa shape index (κ3) is 3.01. The van der Waals surface area contributed by atoms with Gasteiger partial charge in [0.05, 0.1) is 17.9 Å². The molecule has 4 aromatic rings. The van der Waals surface area contributed by atoms with Gasteiger partial charge in [0, 0.05) is 17.3 Å². The Bertz CT molecular complexity index is 1290. The molecular formula is C23H19NO4. The largest absolute Gasteiger partial charge is 0.497 e. The van der Waals surface area contributed by atoms with E-state index in [0.717, 1.165) is 11.1 Å². The van der Waals surface area contributed by atoms with Crippen LogP contribution in [0.25, 0.3) is 21.9 Å². The summed E-state index contributed by atoms with van der Waals surface area (Å²) in [6.07, 6.45) is 0. The van der Waals surface area contributed by atoms with Crippen molar-refractivity contribution in [1.82, 2.24) is 0 Å². The Hall–Kier alpha value is -3.60. The smallest absolute Gasteiger partial charge is 0.255 e. The number of methoxy groups -OCH3 is 1. The van der Waals surface area contributed by atoms with Gasteiger partial charge in [0.15, 0.2) is 0 Å². The second-order valence-corrected chi connectivity index (χ2v) is 6.71. The molecule has 0 aliphatic carbocycles. The molecule has 0 bridgehead atoms. The molecule has 0 aliphatic rings. The Balaban J connectivity index is 1.76. The second-order valence-electron chi connectivity index (χ2n) is 6.71. The van der Waals surface area contributed by atoms with Gasteiger partial charge in [-0.3, -0.25) is 9.59 Å². The number of hydrogen-bond donors (Lipinski definition) is 1. The number of benzene rings is 3. The first kappa shape index (κ1) is 17.8. The molecule has 0 saturated heterocycles. The van der Waals surface area contributed by atoms with Crippen LogP contribution in [0.2, 0.25) is 0 Å². The summed E-state index contributed by atoms with van der Waals surface area (Å²) < 4.78 is 11.2. The molecule has 4 rings (SSSR count). The maximum atomic E-state index is 12.8. The van der Waals surface area contributed by atoms with Gasteiger partial charge < -0.3 is 14.5 Å². The van der Waals surface area contributed by atoms with Crippen LogP contribution >= 0.6 is 0 Å². The van der Waals surface area contributed by atoms with Crippen molar-refractivity contribution in [3.05, 3.63) is 81.5 Å². The lowest BCUT2D eigenvalue weighted by atomic mass is 10.0. The third-order valence-electron chi connectivity index (χ3n) is 4.95. The molecule has 0 fully saturated rings. The van der Waals surface area contributed by atoms with E-state index >= 15 is 0 Å². The van der Waals surface area contributed by atoms with Gasteiger partial charge in [0.2, 0.25) is 5.43 Å². The zero-order valence-electron chi connectivity index (χ0n) is 15.8. The lowest BCUT2D eigenvalue weighted by molar-refractivity contribution is 0.102. The molecule has 0 saturated carbocycles. The monoisotopic (exact) mass is 373 g/mol. The number of ether oxygens (including phenoxy) is 1. The number of hydrogen-bond acceptors (Lipinski definition) is 4. The number of fused-ring (bicyclic) bond motifs is 2. The van der Waals surface area contributed by atoms with Crippen LogP contribution in [0, 0.1) is 13.8 Å². The summed E-state index contributed by atoms with van der Waals surface area (Å²) in [4.78, 5) is 25.4. The van der Waals surface area contributed by atoms with Gasteiger partial charge in [-0.2, -0.15) is 0 Å². The first-order valence-corrected chi connectivity index (χ1v) is 8.90. The molecule has 140 valence electrons. The summed E-state index contributed by atoms with van der Waals surface area (Å²) >= 11 is 0. The highest BCUT2D eigenvalue weighted by molar-refractivity contribution is 6.05. The molecule has 3 aromatic carbocycles. The van der Waals surface area contributed by atoms with Crippen LogP contribution in [0.4, 0.5) is 5.69 Å². The molecule has 0 unspecified atom stereocenters. The topological polar surface area (TPSA) is 68.5 Å². The first-order valence-electron chi connectivity index (χ1n) is 8.90. The zero-order chi connectivity index (χ0) is 19.8. The van der Waals surface area contributed by atoms with Crippen LogP contribution in [-0.4, -0.2) is 13.0 Å². The number of carbonyl (C=O) groups is 1. The predicted molar refractivity (Wildman–Crippen MR) is 110 cm³/mol. The predicted octanol–water partition coefficient (Wildman–Crippen LogP) is 4.82. The minimum atomic E-state index is -0.270. The standard InChI is InChI=1S/C23H19NO4/c1-13-7-9-19-21(25)18-10-8-16(12-20(18)28-22(19)14(13)2)24-23(26)15-5-4-6-17(11-15)27-3/h4-12H,1-3H3,(H,24,26). The quantitative estimate of drug-likeness (QED) is 0.523. The van der Waals surface area contributed by atoms with Crippen molar-refractivity contribution in [2.45, 2.75) is 13.8 Å². The number of carbonyl (C=O) groups excluding carboxylic acids is 1. The Morgan fingerprint density at radius 2 is 1.79 bits per heavy atom. The van der Waals surface area contributed by atoms with E-state index in [9.17, 15) is 9.59 Å². The van der Waals surface area contributed by atoms with Crippen molar-refractivity contribution < 1.29 is 13.9 Å². The van der Waals surface area contributed by atoms with Crippen LogP contribution in [0.5, 0.6) is 5.75 Å². The molecule has 1 heterocycles. The van der Waals surface area contributed by atoms with Gasteiger partial charge in [-0.15, -0.1) is 0 Å². The number of aryl methyl sites for hydroxylation is 2. The van der Waals surface area contributed by atoms with E-state index in [1.54, 1.807) is 55.6 Å². The number of nitrogens with one attached hydrogen (secondary N) is 1. The van der Waals surface area contributed by atoms with Crippen LogP contribution in [0.1, 0.15) is 21.5 Å². The molecule has 0 spiro atoms. The van der Waals surface area contributed by atoms with Crippen molar-refractivity contribution in [3.8, 4) is 5.75 Å². The van der Waals surface area contributed by atoms with Crippen molar-refractivity contribution in [2.75, 3.05) is 12.4 Å². The highest BCUT2D eigenvalue weighted by atomic mass is 16.5. The molecular weight excluding hydrogens is 354 g/mol. The van der Waals surface area contributed by atoms with E-state index in [0.29, 0.717) is 38.9 Å². The van der Waals surface area contributed by atoms with Gasteiger partial charge >= 0.3 is 0 Å². The summed E-state index contributed by atoms with van der Waals surface area (Å²) in [5, 5.41) is 3.88. The average molecular weight is 373 g/mol. The Kier molecular flexibility index (Phi) is 4.35. The van der Waals surface area contributed by atoms with Gasteiger partial charge in [-0.05, 0) is 61.4 Å². The summed E-state index contributed by atoms with van der Waals surface area (Å²) in [6, 6.07) is 15.7. The molecule has 0 radical (unpaired) electrons. The summed E-state index contributed by atoms with van der Waals surface area (Å²) in [5.41, 5.74) is 3.95. The molecule has 1 aromatic heterocycles. The van der Waals surface area contributed by atoms with Crippen LogP contribution in [-0.2, 0) is 0 Å². The molecule has 0 aliphatic heterocycles. The van der Waals surface area contributed by atoms with Gasteiger partial charge in [-0.1, -0.05) is 12.1 Å². The number of rotatable bonds is 3. The molecule has 5 heteroatoms. The number of amides is 1. The normalized spacial score (nSPS) is 11.0. The molecule has 0 atom stereocenters. The summed E-state index contributed by atoms with van der Waals surface area (Å²) in [7, 11) is 1.55. The van der Waals surface area contributed by atoms with E-state index in [2.05, 4.69) is 5.32 Å². The van der Waals surface area contributed by atoms with Crippen molar-refractivity contribution in [1.29, 1.82) is 0 Å². The summed E-state index contributed by atoms with van der Waals surface area (Å²) in [5.74, 6) is 0.336. The van der Waals surface area contributed by atoms with Gasteiger partial charge in [-0.25, -0.2) is 0 Å². The SMILES string of the molecule is COc1cccc(C(=O)Nc2ccc3c(=O)c4ccc(C)c(C)c4oc3c2)c1. The Labute approximate surface area is 161 Å². The van der Waals surface area contributed by atoms with Gasteiger partial charge in [0.1, 0.15) is 16.9 Å². The van der Waals surface area contributed by atoms with Crippen LogP contribution in [0.3, 0.4) is 0 Å². The zero-order valence-corrected chi connectivity index (χ0v) is 15.8. The summed E-state index contributed by atoms with van der Waals surface area (Å²) in [6.45, 7) is 3.91. The van der Waals surface area contributed by atoms with Crippen LogP contribution < -0.4 is 15.5 Å². The molecule has 28 heavy (non-hydrogen) atoms. The Morgan fingerprint density at radius 1 is 1.00 bits per heavy atom. The minimum absolute atomic E-state index is 0.0787. The third-order valence-corrected chi connectivity index (χ3v) is 4.95. The minimum Gasteiger partial charge on any atom is -0.497 e. The fraction of sp³-hybridized carbons (Fsp3) is 0.130. The van der Waals surface area contributed by atoms with E-state index in [-0.39, 0.29) is 11.3 Å². The highest BCUT2D eigenvalue weighted by Gasteiger charge is 2.13. The van der Waals surface area contributed by atoms with E-state index in [4.69, 9.17) is 9.15 Å². The fourth-order valence-electron chi connectivity index (χ4n) is 3.20. The lowest BCUT2D eigenvalue weighted by Crippen LogP contribution is -2.12. The number of anilines is 1. The highest BCUT2D eigenvalue weighted by Crippen LogP contribution is 2.26. The van der Waals surface area contributed by atoms with E-state index in [1.807, 2.05) is 19.9 Å².